The first-order valence-corrected chi connectivity index (χ1v) is 10.6. The van der Waals surface area contributed by atoms with Crippen molar-refractivity contribution in [3.8, 4) is 0 Å². The van der Waals surface area contributed by atoms with Gasteiger partial charge in [-0.25, -0.2) is 0 Å². The SMILES string of the molecule is CC1C=CC=CC1(C)OC(=O)C1C2C=CC(C2)C1C(=O)OC1(C)C=CC=CC1C. The molecule has 0 amide bonds. The van der Waals surface area contributed by atoms with Gasteiger partial charge in [-0.1, -0.05) is 62.5 Å². The lowest BCUT2D eigenvalue weighted by molar-refractivity contribution is -0.175. The first-order chi connectivity index (χ1) is 13.7. The third-order valence-corrected chi connectivity index (χ3v) is 7.33. The fourth-order valence-corrected chi connectivity index (χ4v) is 4.93. The van der Waals surface area contributed by atoms with Gasteiger partial charge in [-0.05, 0) is 44.3 Å². The molecule has 0 radical (unpaired) electrons. The van der Waals surface area contributed by atoms with Gasteiger partial charge in [0, 0.05) is 11.8 Å². The molecule has 0 heterocycles. The molecule has 0 aromatic rings. The van der Waals surface area contributed by atoms with Gasteiger partial charge in [0.1, 0.15) is 11.2 Å². The zero-order valence-corrected chi connectivity index (χ0v) is 17.6. The van der Waals surface area contributed by atoms with Gasteiger partial charge in [0.05, 0.1) is 11.8 Å². The Morgan fingerprint density at radius 3 is 1.52 bits per heavy atom. The van der Waals surface area contributed by atoms with Crippen LogP contribution in [0.15, 0.2) is 60.8 Å². The Balaban J connectivity index is 1.53. The van der Waals surface area contributed by atoms with Gasteiger partial charge < -0.3 is 9.47 Å². The first-order valence-electron chi connectivity index (χ1n) is 10.6. The van der Waals surface area contributed by atoms with Crippen molar-refractivity contribution in [2.24, 2.45) is 35.5 Å². The molecule has 0 aromatic heterocycles. The molecule has 0 saturated heterocycles. The van der Waals surface area contributed by atoms with Gasteiger partial charge in [-0.15, -0.1) is 0 Å². The highest BCUT2D eigenvalue weighted by molar-refractivity contribution is 5.85. The Hall–Kier alpha value is -2.36. The third-order valence-electron chi connectivity index (χ3n) is 7.33. The van der Waals surface area contributed by atoms with Crippen molar-refractivity contribution in [3.63, 3.8) is 0 Å². The van der Waals surface area contributed by atoms with Crippen LogP contribution in [0, 0.1) is 35.5 Å². The average Bonchev–Trinajstić information content (AvgIpc) is 3.28. The molecule has 4 nitrogen and oxygen atoms in total. The van der Waals surface area contributed by atoms with Crippen LogP contribution < -0.4 is 0 Å². The molecule has 1 saturated carbocycles. The quantitative estimate of drug-likeness (QED) is 0.518. The van der Waals surface area contributed by atoms with Gasteiger partial charge in [-0.3, -0.25) is 9.59 Å². The fourth-order valence-electron chi connectivity index (χ4n) is 4.93. The Morgan fingerprint density at radius 2 is 1.14 bits per heavy atom. The minimum atomic E-state index is -0.691. The van der Waals surface area contributed by atoms with E-state index in [4.69, 9.17) is 9.47 Å². The molecular formula is C25H30O4. The Morgan fingerprint density at radius 1 is 0.724 bits per heavy atom. The maximum absolute atomic E-state index is 13.3. The van der Waals surface area contributed by atoms with E-state index >= 15 is 0 Å². The van der Waals surface area contributed by atoms with Gasteiger partial charge in [-0.2, -0.15) is 0 Å². The second-order valence-electron chi connectivity index (χ2n) is 9.28. The van der Waals surface area contributed by atoms with Crippen LogP contribution in [0.4, 0.5) is 0 Å². The van der Waals surface area contributed by atoms with Gasteiger partial charge in [0.15, 0.2) is 0 Å². The lowest BCUT2D eigenvalue weighted by Gasteiger charge is -2.37. The Kier molecular flexibility index (Phi) is 4.92. The topological polar surface area (TPSA) is 52.6 Å². The summed E-state index contributed by atoms with van der Waals surface area (Å²) in [7, 11) is 0. The minimum Gasteiger partial charge on any atom is -0.454 e. The normalized spacial score (nSPS) is 44.3. The average molecular weight is 395 g/mol. The molecule has 0 spiro atoms. The van der Waals surface area contributed by atoms with Crippen LogP contribution in [-0.2, 0) is 19.1 Å². The summed E-state index contributed by atoms with van der Waals surface area (Å²) < 4.78 is 12.0. The van der Waals surface area contributed by atoms with Crippen molar-refractivity contribution in [3.05, 3.63) is 60.8 Å². The number of ether oxygens (including phenoxy) is 2. The molecule has 0 aromatic carbocycles. The number of fused-ring (bicyclic) bond motifs is 2. The van der Waals surface area contributed by atoms with Crippen LogP contribution in [0.1, 0.15) is 34.1 Å². The highest BCUT2D eigenvalue weighted by Crippen LogP contribution is 2.50. The molecule has 4 aliphatic carbocycles. The van der Waals surface area contributed by atoms with E-state index in [-0.39, 0.29) is 35.6 Å². The number of allylic oxidation sites excluding steroid dienone is 6. The molecule has 29 heavy (non-hydrogen) atoms. The molecule has 0 N–H and O–H groups in total. The molecule has 2 bridgehead atoms. The molecule has 4 aliphatic rings. The van der Waals surface area contributed by atoms with E-state index < -0.39 is 23.0 Å². The van der Waals surface area contributed by atoms with E-state index in [1.54, 1.807) is 0 Å². The van der Waals surface area contributed by atoms with Crippen LogP contribution >= 0.6 is 0 Å². The van der Waals surface area contributed by atoms with E-state index in [1.165, 1.54) is 0 Å². The minimum absolute atomic E-state index is 0.0408. The largest absolute Gasteiger partial charge is 0.454 e. The standard InChI is InChI=1S/C25H30O4/c1-16-9-5-7-13-24(16,3)28-22(26)20-18-11-12-19(15-18)21(20)23(27)29-25(4)14-8-6-10-17(25)2/h5-14,16-21H,15H2,1-4H3. The number of esters is 2. The maximum atomic E-state index is 13.3. The molecular weight excluding hydrogens is 364 g/mol. The highest BCUT2D eigenvalue weighted by Gasteiger charge is 2.55. The lowest BCUT2D eigenvalue weighted by Crippen LogP contribution is -2.45. The van der Waals surface area contributed by atoms with Crippen molar-refractivity contribution in [1.29, 1.82) is 0 Å². The second-order valence-corrected chi connectivity index (χ2v) is 9.28. The molecule has 4 rings (SSSR count). The Bertz CT molecular complexity index is 779. The summed E-state index contributed by atoms with van der Waals surface area (Å²) in [5, 5.41) is 0. The van der Waals surface area contributed by atoms with Crippen LogP contribution in [0.2, 0.25) is 0 Å². The highest BCUT2D eigenvalue weighted by atomic mass is 16.6. The summed E-state index contributed by atoms with van der Waals surface area (Å²) in [5.41, 5.74) is -1.38. The third kappa shape index (κ3) is 3.43. The van der Waals surface area contributed by atoms with Crippen molar-refractivity contribution in [2.75, 3.05) is 0 Å². The van der Waals surface area contributed by atoms with Crippen molar-refractivity contribution in [2.45, 2.75) is 45.3 Å². The van der Waals surface area contributed by atoms with Crippen molar-refractivity contribution < 1.29 is 19.1 Å². The lowest BCUT2D eigenvalue weighted by atomic mass is 9.81. The number of rotatable bonds is 4. The Labute approximate surface area is 173 Å². The number of hydrogen-bond acceptors (Lipinski definition) is 4. The summed E-state index contributed by atoms with van der Waals surface area (Å²) >= 11 is 0. The van der Waals surface area contributed by atoms with E-state index in [0.717, 1.165) is 6.42 Å². The first kappa shape index (κ1) is 19.9. The number of hydrogen-bond donors (Lipinski definition) is 0. The summed E-state index contributed by atoms with van der Waals surface area (Å²) in [6.07, 6.45) is 20.6. The van der Waals surface area contributed by atoms with E-state index in [1.807, 2.05) is 76.3 Å². The molecule has 8 unspecified atom stereocenters. The van der Waals surface area contributed by atoms with Crippen molar-refractivity contribution >= 4 is 11.9 Å². The van der Waals surface area contributed by atoms with Gasteiger partial charge in [0.2, 0.25) is 0 Å². The number of carbonyl (C=O) groups is 2. The van der Waals surface area contributed by atoms with E-state index in [0.29, 0.717) is 0 Å². The van der Waals surface area contributed by atoms with Crippen LogP contribution in [0.3, 0.4) is 0 Å². The van der Waals surface area contributed by atoms with Crippen molar-refractivity contribution in [1.82, 2.24) is 0 Å². The van der Waals surface area contributed by atoms with Crippen LogP contribution in [-0.4, -0.2) is 23.1 Å². The monoisotopic (exact) mass is 394 g/mol. The predicted molar refractivity (Wildman–Crippen MR) is 112 cm³/mol. The van der Waals surface area contributed by atoms with E-state index in [2.05, 4.69) is 12.2 Å². The molecule has 4 heteroatoms. The van der Waals surface area contributed by atoms with Crippen LogP contribution in [0.25, 0.3) is 0 Å². The molecule has 8 atom stereocenters. The zero-order valence-electron chi connectivity index (χ0n) is 17.6. The van der Waals surface area contributed by atoms with Crippen LogP contribution in [0.5, 0.6) is 0 Å². The van der Waals surface area contributed by atoms with E-state index in [9.17, 15) is 9.59 Å². The zero-order chi connectivity index (χ0) is 20.8. The predicted octanol–water partition coefficient (Wildman–Crippen LogP) is 4.55. The summed E-state index contributed by atoms with van der Waals surface area (Å²) in [5.74, 6) is -1.32. The summed E-state index contributed by atoms with van der Waals surface area (Å²) in [6, 6.07) is 0. The van der Waals surface area contributed by atoms with Gasteiger partial charge in [0.25, 0.3) is 0 Å². The molecule has 0 aliphatic heterocycles. The molecule has 154 valence electrons. The summed E-state index contributed by atoms with van der Waals surface area (Å²) in [6.45, 7) is 7.91. The second kappa shape index (κ2) is 7.16. The maximum Gasteiger partial charge on any atom is 0.311 e. The summed E-state index contributed by atoms with van der Waals surface area (Å²) in [4.78, 5) is 26.5. The smallest absolute Gasteiger partial charge is 0.311 e. The molecule has 1 fully saturated rings. The van der Waals surface area contributed by atoms with Gasteiger partial charge >= 0.3 is 11.9 Å². The fraction of sp³-hybridized carbons (Fsp3) is 0.520. The number of carbonyl (C=O) groups excluding carboxylic acids is 2.